The van der Waals surface area contributed by atoms with Gasteiger partial charge in [-0.1, -0.05) is 111 Å². The summed E-state index contributed by atoms with van der Waals surface area (Å²) < 4.78 is 3.02. The Labute approximate surface area is 323 Å². The number of nitrogens with zero attached hydrogens (tertiary/aromatic N) is 2. The number of fused-ring (bicyclic) bond motifs is 2. The third-order valence-corrected chi connectivity index (χ3v) is 10.2. The maximum absolute atomic E-state index is 13.0. The number of hydrogen-bond acceptors (Lipinski definition) is 4. The lowest BCUT2D eigenvalue weighted by atomic mass is 9.87. The van der Waals surface area contributed by atoms with Gasteiger partial charge in [0.1, 0.15) is 5.92 Å². The van der Waals surface area contributed by atoms with Crippen LogP contribution in [-0.2, 0) is 23.7 Å². The number of rotatable bonds is 10. The molecule has 0 saturated carbocycles. The molecule has 8 nitrogen and oxygen atoms in total. The summed E-state index contributed by atoms with van der Waals surface area (Å²) in [5.74, 6) is -3.44. The molecule has 55 heavy (non-hydrogen) atoms. The minimum Gasteiger partial charge on any atom is -0.481 e. The summed E-state index contributed by atoms with van der Waals surface area (Å²) in [5, 5.41) is 22.6. The second-order valence-corrected chi connectivity index (χ2v) is 14.1. The topological polar surface area (TPSA) is 119 Å². The van der Waals surface area contributed by atoms with Crippen molar-refractivity contribution < 1.29 is 19.8 Å². The highest BCUT2D eigenvalue weighted by Crippen LogP contribution is 2.39. The summed E-state index contributed by atoms with van der Waals surface area (Å²) in [7, 11) is 3.33. The van der Waals surface area contributed by atoms with E-state index in [0.29, 0.717) is 28.6 Å². The molecule has 0 aliphatic heterocycles. The van der Waals surface area contributed by atoms with Gasteiger partial charge < -0.3 is 19.3 Å². The van der Waals surface area contributed by atoms with Crippen LogP contribution in [0.1, 0.15) is 79.1 Å². The predicted octanol–water partition coefficient (Wildman–Crippen LogP) is 9.99. The standard InChI is InChI=1S/C23H25NO3.C23H23NO3.CH4/c2*1-5-8-19(23(26)27)21-20(16-12-11-14(2)13-15(16)3)17-9-6-7-10-18(17)22(25)24(21)4;/h6-7,9-13,19H,5,8H2,1-4H3,(H,26,27);5-7,9-13,19H,1,8H2,2-4H3,(H,26,27);1H4. The highest BCUT2D eigenvalue weighted by molar-refractivity contribution is 6.01. The van der Waals surface area contributed by atoms with Gasteiger partial charge in [-0.2, -0.15) is 0 Å². The van der Waals surface area contributed by atoms with Crippen molar-refractivity contribution >= 4 is 33.5 Å². The maximum Gasteiger partial charge on any atom is 0.312 e. The van der Waals surface area contributed by atoms with Crippen molar-refractivity contribution in [2.45, 2.75) is 73.1 Å². The van der Waals surface area contributed by atoms with Crippen molar-refractivity contribution in [3.63, 3.8) is 0 Å². The van der Waals surface area contributed by atoms with Gasteiger partial charge in [0.15, 0.2) is 0 Å². The summed E-state index contributed by atoms with van der Waals surface area (Å²) in [6.45, 7) is 13.8. The second kappa shape index (κ2) is 17.4. The Bertz CT molecular complexity index is 2540. The number of allylic oxidation sites excluding steroid dienone is 1. The molecule has 0 amide bonds. The molecule has 0 aliphatic carbocycles. The summed E-state index contributed by atoms with van der Waals surface area (Å²) in [6, 6.07) is 27.1. The zero-order chi connectivity index (χ0) is 39.4. The SMILES string of the molecule is C.C=CCC(C(=O)O)c1c(-c2ccc(C)cc2C)c2ccccc2c(=O)n1C.CCCC(C(=O)O)c1c(-c2ccc(C)cc2C)c2ccccc2c(=O)n1C. The number of aryl methyl sites for hydroxylation is 4. The number of carboxylic acid groups (broad SMARTS) is 2. The fourth-order valence-electron chi connectivity index (χ4n) is 7.70. The van der Waals surface area contributed by atoms with Gasteiger partial charge in [0.2, 0.25) is 0 Å². The van der Waals surface area contributed by atoms with Gasteiger partial charge in [-0.05, 0) is 85.7 Å². The first-order valence-electron chi connectivity index (χ1n) is 18.2. The van der Waals surface area contributed by atoms with E-state index in [4.69, 9.17) is 0 Å². The maximum atomic E-state index is 13.0. The number of aromatic nitrogens is 2. The predicted molar refractivity (Wildman–Crippen MR) is 225 cm³/mol. The first-order chi connectivity index (χ1) is 25.7. The van der Waals surface area contributed by atoms with Crippen molar-refractivity contribution in [3.8, 4) is 22.3 Å². The van der Waals surface area contributed by atoms with E-state index in [2.05, 4.69) is 18.7 Å². The van der Waals surface area contributed by atoms with Crippen LogP contribution in [0.15, 0.2) is 107 Å². The van der Waals surface area contributed by atoms with E-state index in [1.165, 1.54) is 9.13 Å². The van der Waals surface area contributed by atoms with Crippen molar-refractivity contribution in [1.82, 2.24) is 9.13 Å². The minimum atomic E-state index is -0.966. The normalized spacial score (nSPS) is 12.0. The van der Waals surface area contributed by atoms with Gasteiger partial charge >= 0.3 is 11.9 Å². The largest absolute Gasteiger partial charge is 0.481 e. The van der Waals surface area contributed by atoms with Crippen LogP contribution in [0.5, 0.6) is 0 Å². The summed E-state index contributed by atoms with van der Waals surface area (Å²) in [5.41, 5.74) is 8.72. The molecule has 2 unspecified atom stereocenters. The lowest BCUT2D eigenvalue weighted by molar-refractivity contribution is -0.140. The Morgan fingerprint density at radius 3 is 1.38 bits per heavy atom. The third-order valence-electron chi connectivity index (χ3n) is 10.2. The lowest BCUT2D eigenvalue weighted by Gasteiger charge is -2.23. The number of carbonyl (C=O) groups is 2. The Kier molecular flexibility index (Phi) is 13.2. The Hall–Kier alpha value is -6.02. The van der Waals surface area contributed by atoms with Crippen LogP contribution >= 0.6 is 0 Å². The van der Waals surface area contributed by atoms with Crippen molar-refractivity contribution in [2.75, 3.05) is 0 Å². The van der Waals surface area contributed by atoms with Crippen LogP contribution in [0.3, 0.4) is 0 Å². The van der Waals surface area contributed by atoms with E-state index in [-0.39, 0.29) is 25.0 Å². The van der Waals surface area contributed by atoms with Crippen LogP contribution < -0.4 is 11.1 Å². The fraction of sp³-hybridized carbons (Fsp3) is 0.277. The Morgan fingerprint density at radius 2 is 1.04 bits per heavy atom. The number of benzene rings is 4. The first-order valence-corrected chi connectivity index (χ1v) is 18.2. The highest BCUT2D eigenvalue weighted by Gasteiger charge is 2.29. The molecule has 4 aromatic carbocycles. The average Bonchev–Trinajstić information content (AvgIpc) is 3.14. The van der Waals surface area contributed by atoms with Gasteiger partial charge in [0, 0.05) is 47.4 Å². The molecule has 0 aliphatic rings. The van der Waals surface area contributed by atoms with Crippen LogP contribution in [0.2, 0.25) is 0 Å². The number of pyridine rings is 2. The molecular weight excluding hydrogens is 689 g/mol. The van der Waals surface area contributed by atoms with Gasteiger partial charge in [-0.15, -0.1) is 6.58 Å². The molecule has 0 saturated heterocycles. The molecule has 0 bridgehead atoms. The molecule has 0 fully saturated rings. The summed E-state index contributed by atoms with van der Waals surface area (Å²) >= 11 is 0. The number of hydrogen-bond donors (Lipinski definition) is 2. The van der Waals surface area contributed by atoms with Crippen molar-refractivity contribution in [2.24, 2.45) is 14.1 Å². The Morgan fingerprint density at radius 1 is 0.655 bits per heavy atom. The molecule has 0 radical (unpaired) electrons. The highest BCUT2D eigenvalue weighted by atomic mass is 16.4. The molecule has 6 aromatic rings. The van der Waals surface area contributed by atoms with E-state index >= 15 is 0 Å². The van der Waals surface area contributed by atoms with Crippen LogP contribution in [0, 0.1) is 27.7 Å². The molecule has 2 heterocycles. The lowest BCUT2D eigenvalue weighted by Crippen LogP contribution is -2.27. The monoisotopic (exact) mass is 740 g/mol. The van der Waals surface area contributed by atoms with E-state index in [9.17, 15) is 29.4 Å². The van der Waals surface area contributed by atoms with Crippen molar-refractivity contribution in [3.05, 3.63) is 152 Å². The zero-order valence-corrected chi connectivity index (χ0v) is 32.1. The third kappa shape index (κ3) is 8.09. The van der Waals surface area contributed by atoms with Crippen molar-refractivity contribution in [1.29, 1.82) is 0 Å². The second-order valence-electron chi connectivity index (χ2n) is 14.1. The van der Waals surface area contributed by atoms with Crippen LogP contribution in [0.25, 0.3) is 43.8 Å². The number of carboxylic acids is 2. The van der Waals surface area contributed by atoms with Gasteiger partial charge in [-0.25, -0.2) is 0 Å². The Balaban J connectivity index is 0.000000240. The van der Waals surface area contributed by atoms with E-state index in [1.807, 2.05) is 101 Å². The van der Waals surface area contributed by atoms with Crippen LogP contribution in [-0.4, -0.2) is 31.3 Å². The molecule has 2 atom stereocenters. The van der Waals surface area contributed by atoms with E-state index in [0.717, 1.165) is 61.7 Å². The quantitative estimate of drug-likeness (QED) is 0.135. The summed E-state index contributed by atoms with van der Waals surface area (Å²) in [6.07, 6.45) is 3.05. The molecular formula is C47H52N2O6. The summed E-state index contributed by atoms with van der Waals surface area (Å²) in [4.78, 5) is 50.1. The van der Waals surface area contributed by atoms with Gasteiger partial charge in [0.25, 0.3) is 11.1 Å². The van der Waals surface area contributed by atoms with Gasteiger partial charge in [0.05, 0.1) is 5.92 Å². The first kappa shape index (κ1) is 41.7. The molecule has 2 aromatic heterocycles. The van der Waals surface area contributed by atoms with Crippen LogP contribution in [0.4, 0.5) is 0 Å². The molecule has 0 spiro atoms. The molecule has 2 N–H and O–H groups in total. The van der Waals surface area contributed by atoms with E-state index in [1.54, 1.807) is 26.2 Å². The number of aliphatic carboxylic acids is 2. The van der Waals surface area contributed by atoms with Gasteiger partial charge in [-0.3, -0.25) is 19.2 Å². The molecule has 286 valence electrons. The minimum absolute atomic E-state index is 0. The smallest absolute Gasteiger partial charge is 0.312 e. The van der Waals surface area contributed by atoms with E-state index < -0.39 is 23.8 Å². The fourth-order valence-corrected chi connectivity index (χ4v) is 7.70. The average molecular weight is 741 g/mol. The molecule has 8 heteroatoms. The zero-order valence-electron chi connectivity index (χ0n) is 32.1. The molecule has 6 rings (SSSR count).